The maximum Gasteiger partial charge on any atom is 0.338 e. The first kappa shape index (κ1) is 19.9. The van der Waals surface area contributed by atoms with Crippen molar-refractivity contribution in [3.63, 3.8) is 0 Å². The van der Waals surface area contributed by atoms with E-state index in [4.69, 9.17) is 4.74 Å². The third-order valence-corrected chi connectivity index (χ3v) is 4.42. The van der Waals surface area contributed by atoms with E-state index < -0.39 is 29.1 Å². The van der Waals surface area contributed by atoms with Gasteiger partial charge in [-0.05, 0) is 44.2 Å². The van der Waals surface area contributed by atoms with Crippen LogP contribution in [0, 0.1) is 29.8 Å². The lowest BCUT2D eigenvalue weighted by Gasteiger charge is -2.10. The van der Waals surface area contributed by atoms with Crippen molar-refractivity contribution in [3.8, 4) is 5.69 Å². The van der Waals surface area contributed by atoms with Crippen molar-refractivity contribution < 1.29 is 23.6 Å². The fourth-order valence-corrected chi connectivity index (χ4v) is 3.10. The van der Waals surface area contributed by atoms with Gasteiger partial charge in [-0.1, -0.05) is 12.1 Å². The molecule has 8 heteroatoms. The van der Waals surface area contributed by atoms with Crippen molar-refractivity contribution in [2.24, 2.45) is 0 Å². The number of rotatable bonds is 6. The van der Waals surface area contributed by atoms with Gasteiger partial charge in [0.1, 0.15) is 5.82 Å². The Kier molecular flexibility index (Phi) is 5.54. The van der Waals surface area contributed by atoms with E-state index >= 15 is 0 Å². The smallest absolute Gasteiger partial charge is 0.338 e. The second-order valence-electron chi connectivity index (χ2n) is 6.41. The summed E-state index contributed by atoms with van der Waals surface area (Å²) in [5.41, 5.74) is 1.97. The average molecular weight is 396 g/mol. The normalized spacial score (nSPS) is 10.6. The van der Waals surface area contributed by atoms with E-state index in [0.29, 0.717) is 16.9 Å². The molecule has 1 aromatic heterocycles. The number of esters is 1. The molecular weight excluding hydrogens is 379 g/mol. The average Bonchev–Trinajstić information content (AvgIpc) is 3.00. The number of nitrogens with zero attached hydrogens (tertiary/aromatic N) is 2. The summed E-state index contributed by atoms with van der Waals surface area (Å²) in [5.74, 6) is -1.66. The number of carbonyl (C=O) groups is 2. The number of aryl methyl sites for hydroxylation is 1. The van der Waals surface area contributed by atoms with Gasteiger partial charge in [-0.2, -0.15) is 0 Å². The Balaban J connectivity index is 1.76. The van der Waals surface area contributed by atoms with Crippen molar-refractivity contribution in [1.82, 2.24) is 4.57 Å². The van der Waals surface area contributed by atoms with Crippen molar-refractivity contribution in [2.75, 3.05) is 6.61 Å². The van der Waals surface area contributed by atoms with Gasteiger partial charge in [0, 0.05) is 34.8 Å². The second kappa shape index (κ2) is 8.05. The summed E-state index contributed by atoms with van der Waals surface area (Å²) in [5, 5.41) is 10.8. The Morgan fingerprint density at radius 3 is 2.52 bits per heavy atom. The highest BCUT2D eigenvalue weighted by molar-refractivity contribution is 6.00. The molecule has 148 valence electrons. The fraction of sp³-hybridized carbons (Fsp3) is 0.143. The number of ketones is 1. The zero-order chi connectivity index (χ0) is 21.1. The molecule has 0 amide bonds. The number of non-ortho nitro benzene ring substituents is 1. The van der Waals surface area contributed by atoms with Crippen LogP contribution in [0.25, 0.3) is 5.69 Å². The standard InChI is InChI=1S/C21H17FN2O5/c1-13-9-19(14(2)23(13)17-7-4-6-16(22)11-17)20(25)12-29-21(26)15-5-3-8-18(10-15)24(27)28/h3-11H,12H2,1-2H3. The van der Waals surface area contributed by atoms with Crippen LogP contribution in [0.4, 0.5) is 10.1 Å². The van der Waals surface area contributed by atoms with Gasteiger partial charge in [-0.25, -0.2) is 9.18 Å². The number of Topliss-reactive ketones (excluding diaryl/α,β-unsaturated/α-hetero) is 1. The number of ether oxygens (including phenoxy) is 1. The fourth-order valence-electron chi connectivity index (χ4n) is 3.10. The number of hydrogen-bond donors (Lipinski definition) is 0. The molecule has 3 aromatic rings. The molecule has 2 aromatic carbocycles. The molecule has 7 nitrogen and oxygen atoms in total. The molecule has 0 saturated heterocycles. The molecule has 0 N–H and O–H groups in total. The van der Waals surface area contributed by atoms with Gasteiger partial charge < -0.3 is 9.30 Å². The predicted molar refractivity (Wildman–Crippen MR) is 103 cm³/mol. The van der Waals surface area contributed by atoms with E-state index in [1.54, 1.807) is 36.6 Å². The first-order chi connectivity index (χ1) is 13.8. The molecule has 0 radical (unpaired) electrons. The monoisotopic (exact) mass is 396 g/mol. The SMILES string of the molecule is Cc1cc(C(=O)COC(=O)c2cccc([N+](=O)[O-])c2)c(C)n1-c1cccc(F)c1. The summed E-state index contributed by atoms with van der Waals surface area (Å²) >= 11 is 0. The number of aromatic nitrogens is 1. The highest BCUT2D eigenvalue weighted by Crippen LogP contribution is 2.22. The van der Waals surface area contributed by atoms with Crippen LogP contribution in [-0.2, 0) is 4.74 Å². The van der Waals surface area contributed by atoms with E-state index in [2.05, 4.69) is 0 Å². The molecule has 0 saturated carbocycles. The number of nitro groups is 1. The molecule has 0 aliphatic rings. The number of carbonyl (C=O) groups excluding carboxylic acids is 2. The minimum Gasteiger partial charge on any atom is -0.454 e. The zero-order valence-corrected chi connectivity index (χ0v) is 15.7. The van der Waals surface area contributed by atoms with Gasteiger partial charge in [0.25, 0.3) is 5.69 Å². The largest absolute Gasteiger partial charge is 0.454 e. The Hall–Kier alpha value is -3.81. The van der Waals surface area contributed by atoms with Crippen LogP contribution in [0.3, 0.4) is 0 Å². The molecule has 0 bridgehead atoms. The third kappa shape index (κ3) is 4.21. The Morgan fingerprint density at radius 1 is 1.10 bits per heavy atom. The van der Waals surface area contributed by atoms with Crippen molar-refractivity contribution in [1.29, 1.82) is 0 Å². The van der Waals surface area contributed by atoms with Crippen molar-refractivity contribution in [3.05, 3.63) is 93.0 Å². The third-order valence-electron chi connectivity index (χ3n) is 4.42. The molecule has 3 rings (SSSR count). The lowest BCUT2D eigenvalue weighted by molar-refractivity contribution is -0.384. The molecular formula is C21H17FN2O5. The molecule has 0 aliphatic carbocycles. The molecule has 0 fully saturated rings. The molecule has 1 heterocycles. The number of nitro benzene ring substituents is 1. The van der Waals surface area contributed by atoms with E-state index in [0.717, 1.165) is 11.8 Å². The minimum absolute atomic E-state index is 0.0165. The number of halogens is 1. The van der Waals surface area contributed by atoms with Crippen LogP contribution in [0.2, 0.25) is 0 Å². The molecule has 29 heavy (non-hydrogen) atoms. The van der Waals surface area contributed by atoms with Crippen LogP contribution >= 0.6 is 0 Å². The summed E-state index contributed by atoms with van der Waals surface area (Å²) in [6.45, 7) is 2.98. The lowest BCUT2D eigenvalue weighted by Crippen LogP contribution is -2.15. The van der Waals surface area contributed by atoms with Crippen LogP contribution < -0.4 is 0 Å². The Labute approximate surface area is 165 Å². The first-order valence-corrected chi connectivity index (χ1v) is 8.67. The topological polar surface area (TPSA) is 91.4 Å². The number of benzene rings is 2. The zero-order valence-electron chi connectivity index (χ0n) is 15.7. The van der Waals surface area contributed by atoms with E-state index in [1.807, 2.05) is 0 Å². The summed E-state index contributed by atoms with van der Waals surface area (Å²) in [6, 6.07) is 12.7. The molecule has 0 aliphatic heterocycles. The van der Waals surface area contributed by atoms with Gasteiger partial charge >= 0.3 is 5.97 Å². The Morgan fingerprint density at radius 2 is 1.83 bits per heavy atom. The number of hydrogen-bond acceptors (Lipinski definition) is 5. The van der Waals surface area contributed by atoms with E-state index in [9.17, 15) is 24.1 Å². The van der Waals surface area contributed by atoms with Crippen molar-refractivity contribution in [2.45, 2.75) is 13.8 Å². The van der Waals surface area contributed by atoms with Gasteiger partial charge in [0.2, 0.25) is 5.78 Å². The summed E-state index contributed by atoms with van der Waals surface area (Å²) in [4.78, 5) is 34.9. The molecule has 0 unspecified atom stereocenters. The first-order valence-electron chi connectivity index (χ1n) is 8.67. The van der Waals surface area contributed by atoms with Crippen molar-refractivity contribution >= 4 is 17.4 Å². The van der Waals surface area contributed by atoms with E-state index in [-0.39, 0.29) is 11.3 Å². The van der Waals surface area contributed by atoms with Crippen LogP contribution in [0.5, 0.6) is 0 Å². The molecule has 0 atom stereocenters. The highest BCUT2D eigenvalue weighted by atomic mass is 19.1. The molecule has 0 spiro atoms. The second-order valence-corrected chi connectivity index (χ2v) is 6.41. The highest BCUT2D eigenvalue weighted by Gasteiger charge is 2.19. The van der Waals surface area contributed by atoms with Gasteiger partial charge in [-0.15, -0.1) is 0 Å². The summed E-state index contributed by atoms with van der Waals surface area (Å²) < 4.78 is 20.3. The lowest BCUT2D eigenvalue weighted by atomic mass is 10.1. The maximum atomic E-state index is 13.6. The maximum absolute atomic E-state index is 13.6. The van der Waals surface area contributed by atoms with Gasteiger partial charge in [-0.3, -0.25) is 14.9 Å². The quantitative estimate of drug-likeness (QED) is 0.270. The van der Waals surface area contributed by atoms with Crippen LogP contribution in [0.15, 0.2) is 54.6 Å². The van der Waals surface area contributed by atoms with Gasteiger partial charge in [0.15, 0.2) is 6.61 Å². The van der Waals surface area contributed by atoms with Gasteiger partial charge in [0.05, 0.1) is 10.5 Å². The summed E-state index contributed by atoms with van der Waals surface area (Å²) in [7, 11) is 0. The summed E-state index contributed by atoms with van der Waals surface area (Å²) in [6.07, 6.45) is 0. The predicted octanol–water partition coefficient (Wildman–Crippen LogP) is 4.18. The van der Waals surface area contributed by atoms with E-state index in [1.165, 1.54) is 30.3 Å². The van der Waals surface area contributed by atoms with Crippen LogP contribution in [-0.4, -0.2) is 27.8 Å². The van der Waals surface area contributed by atoms with Crippen LogP contribution in [0.1, 0.15) is 32.1 Å². The Bertz CT molecular complexity index is 1120. The minimum atomic E-state index is -0.832.